The SMILES string of the molecule is COc1cc(-c2nnc(CCC(=O)NCCc3ccccn3)c(=O)[nH]2)cc(OC)c1OC. The molecular weight excluding hydrogens is 414 g/mol. The number of nitrogens with zero attached hydrogens (tertiary/aromatic N) is 3. The van der Waals surface area contributed by atoms with Gasteiger partial charge in [0.15, 0.2) is 17.3 Å². The summed E-state index contributed by atoms with van der Waals surface area (Å²) in [6.07, 6.45) is 2.65. The summed E-state index contributed by atoms with van der Waals surface area (Å²) in [6, 6.07) is 8.97. The standard InChI is InChI=1S/C22H25N5O5/c1-30-17-12-14(13-18(31-2)20(17)32-3)21-25-22(29)16(26-27-21)7-8-19(28)24-11-9-15-6-4-5-10-23-15/h4-6,10,12-13H,7-9,11H2,1-3H3,(H,24,28)(H,25,27,29). The molecule has 32 heavy (non-hydrogen) atoms. The Labute approximate surface area is 185 Å². The topological polar surface area (TPSA) is 128 Å². The molecule has 168 valence electrons. The van der Waals surface area contributed by atoms with Crippen molar-refractivity contribution in [2.75, 3.05) is 27.9 Å². The third kappa shape index (κ3) is 5.60. The Kier molecular flexibility index (Phi) is 7.74. The number of hydrogen-bond acceptors (Lipinski definition) is 8. The first-order chi connectivity index (χ1) is 15.5. The summed E-state index contributed by atoms with van der Waals surface area (Å²) < 4.78 is 16.0. The van der Waals surface area contributed by atoms with E-state index in [-0.39, 0.29) is 30.3 Å². The van der Waals surface area contributed by atoms with Crippen LogP contribution in [0.4, 0.5) is 0 Å². The van der Waals surface area contributed by atoms with Gasteiger partial charge >= 0.3 is 0 Å². The summed E-state index contributed by atoms with van der Waals surface area (Å²) in [4.78, 5) is 31.5. The zero-order valence-electron chi connectivity index (χ0n) is 18.2. The van der Waals surface area contributed by atoms with Gasteiger partial charge in [0.1, 0.15) is 5.69 Å². The van der Waals surface area contributed by atoms with Crippen molar-refractivity contribution >= 4 is 5.91 Å². The highest BCUT2D eigenvalue weighted by Crippen LogP contribution is 2.40. The van der Waals surface area contributed by atoms with Gasteiger partial charge in [-0.05, 0) is 24.3 Å². The molecule has 0 atom stereocenters. The average Bonchev–Trinajstić information content (AvgIpc) is 2.82. The number of hydrogen-bond donors (Lipinski definition) is 2. The molecule has 0 bridgehead atoms. The number of carbonyl (C=O) groups excluding carboxylic acids is 1. The first kappa shape index (κ1) is 22.7. The van der Waals surface area contributed by atoms with Crippen LogP contribution >= 0.6 is 0 Å². The summed E-state index contributed by atoms with van der Waals surface area (Å²) in [5, 5.41) is 10.9. The van der Waals surface area contributed by atoms with Crippen molar-refractivity contribution in [2.24, 2.45) is 0 Å². The Morgan fingerprint density at radius 3 is 2.38 bits per heavy atom. The van der Waals surface area contributed by atoms with Gasteiger partial charge in [0.05, 0.1) is 21.3 Å². The molecule has 0 saturated carbocycles. The van der Waals surface area contributed by atoms with Gasteiger partial charge in [-0.15, -0.1) is 10.2 Å². The maximum atomic E-state index is 12.5. The lowest BCUT2D eigenvalue weighted by atomic mass is 10.1. The molecule has 0 aliphatic carbocycles. The van der Waals surface area contributed by atoms with E-state index in [2.05, 4.69) is 25.5 Å². The molecule has 0 unspecified atom stereocenters. The maximum Gasteiger partial charge on any atom is 0.273 e. The van der Waals surface area contributed by atoms with E-state index in [1.165, 1.54) is 21.3 Å². The quantitative estimate of drug-likeness (QED) is 0.487. The number of pyridine rings is 1. The Balaban J connectivity index is 1.63. The highest BCUT2D eigenvalue weighted by Gasteiger charge is 2.16. The van der Waals surface area contributed by atoms with Gasteiger partial charge in [-0.3, -0.25) is 14.6 Å². The zero-order chi connectivity index (χ0) is 22.9. The molecular formula is C22H25N5O5. The maximum absolute atomic E-state index is 12.5. The second kappa shape index (κ2) is 10.9. The van der Waals surface area contributed by atoms with Crippen molar-refractivity contribution in [1.82, 2.24) is 25.5 Å². The lowest BCUT2D eigenvalue weighted by Crippen LogP contribution is -2.27. The summed E-state index contributed by atoms with van der Waals surface area (Å²) in [6.45, 7) is 0.470. The van der Waals surface area contributed by atoms with Gasteiger partial charge in [0, 0.05) is 43.3 Å². The number of amides is 1. The van der Waals surface area contributed by atoms with Crippen LogP contribution in [-0.4, -0.2) is 53.9 Å². The first-order valence-electron chi connectivity index (χ1n) is 9.98. The average molecular weight is 439 g/mol. The minimum Gasteiger partial charge on any atom is -0.493 e. The Hall–Kier alpha value is -3.95. The number of nitrogens with one attached hydrogen (secondary N) is 2. The van der Waals surface area contributed by atoms with E-state index in [1.54, 1.807) is 18.3 Å². The number of aryl methyl sites for hydroxylation is 1. The fraction of sp³-hybridized carbons (Fsp3) is 0.318. The smallest absolute Gasteiger partial charge is 0.273 e. The van der Waals surface area contributed by atoms with Crippen LogP contribution in [0.2, 0.25) is 0 Å². The van der Waals surface area contributed by atoms with E-state index < -0.39 is 5.56 Å². The van der Waals surface area contributed by atoms with Crippen LogP contribution in [0.25, 0.3) is 11.4 Å². The zero-order valence-corrected chi connectivity index (χ0v) is 18.2. The minimum atomic E-state index is -0.412. The van der Waals surface area contributed by atoms with Crippen molar-refractivity contribution in [3.05, 3.63) is 58.3 Å². The Morgan fingerprint density at radius 1 is 1.03 bits per heavy atom. The molecule has 2 N–H and O–H groups in total. The molecule has 3 aromatic rings. The van der Waals surface area contributed by atoms with E-state index in [0.29, 0.717) is 35.8 Å². The molecule has 2 aromatic heterocycles. The number of aromatic amines is 1. The normalized spacial score (nSPS) is 10.5. The van der Waals surface area contributed by atoms with Crippen LogP contribution in [0.3, 0.4) is 0 Å². The Bertz CT molecular complexity index is 1090. The minimum absolute atomic E-state index is 0.128. The van der Waals surface area contributed by atoms with Gasteiger partial charge in [-0.25, -0.2) is 0 Å². The van der Waals surface area contributed by atoms with E-state index in [9.17, 15) is 9.59 Å². The van der Waals surface area contributed by atoms with Crippen LogP contribution < -0.4 is 25.1 Å². The molecule has 0 saturated heterocycles. The van der Waals surface area contributed by atoms with Crippen molar-refractivity contribution in [3.8, 4) is 28.6 Å². The number of H-pyrrole nitrogens is 1. The van der Waals surface area contributed by atoms with E-state index in [1.807, 2.05) is 18.2 Å². The molecule has 0 spiro atoms. The molecule has 2 heterocycles. The van der Waals surface area contributed by atoms with E-state index in [0.717, 1.165) is 5.69 Å². The number of benzene rings is 1. The first-order valence-corrected chi connectivity index (χ1v) is 9.98. The largest absolute Gasteiger partial charge is 0.493 e. The molecule has 10 heteroatoms. The van der Waals surface area contributed by atoms with Crippen LogP contribution in [0.5, 0.6) is 17.2 Å². The van der Waals surface area contributed by atoms with Crippen molar-refractivity contribution in [2.45, 2.75) is 19.3 Å². The monoisotopic (exact) mass is 439 g/mol. The van der Waals surface area contributed by atoms with Crippen LogP contribution in [0, 0.1) is 0 Å². The van der Waals surface area contributed by atoms with Gasteiger partial charge in [0.25, 0.3) is 5.56 Å². The summed E-state index contributed by atoms with van der Waals surface area (Å²) in [5.41, 5.74) is 1.21. The third-order valence-electron chi connectivity index (χ3n) is 4.72. The van der Waals surface area contributed by atoms with Crippen molar-refractivity contribution < 1.29 is 19.0 Å². The lowest BCUT2D eigenvalue weighted by molar-refractivity contribution is -0.121. The number of ether oxygens (including phenoxy) is 3. The van der Waals surface area contributed by atoms with Crippen LogP contribution in [0.1, 0.15) is 17.8 Å². The second-order valence-electron chi connectivity index (χ2n) is 6.78. The highest BCUT2D eigenvalue weighted by atomic mass is 16.5. The number of carbonyl (C=O) groups is 1. The van der Waals surface area contributed by atoms with Gasteiger partial charge in [-0.1, -0.05) is 6.07 Å². The summed E-state index contributed by atoms with van der Waals surface area (Å²) in [7, 11) is 4.51. The van der Waals surface area contributed by atoms with Crippen molar-refractivity contribution in [1.29, 1.82) is 0 Å². The van der Waals surface area contributed by atoms with Gasteiger partial charge in [-0.2, -0.15) is 0 Å². The predicted molar refractivity (Wildman–Crippen MR) is 117 cm³/mol. The number of aromatic nitrogens is 4. The fourth-order valence-corrected chi connectivity index (χ4v) is 3.07. The fourth-order valence-electron chi connectivity index (χ4n) is 3.07. The molecule has 10 nitrogen and oxygen atoms in total. The van der Waals surface area contributed by atoms with Crippen molar-refractivity contribution in [3.63, 3.8) is 0 Å². The predicted octanol–water partition coefficient (Wildman–Crippen LogP) is 1.54. The highest BCUT2D eigenvalue weighted by molar-refractivity contribution is 5.76. The third-order valence-corrected chi connectivity index (χ3v) is 4.72. The van der Waals surface area contributed by atoms with E-state index >= 15 is 0 Å². The summed E-state index contributed by atoms with van der Waals surface area (Å²) >= 11 is 0. The van der Waals surface area contributed by atoms with Crippen LogP contribution in [0.15, 0.2) is 41.3 Å². The molecule has 0 aliphatic heterocycles. The van der Waals surface area contributed by atoms with E-state index in [4.69, 9.17) is 14.2 Å². The molecule has 0 radical (unpaired) electrons. The molecule has 0 aliphatic rings. The number of rotatable bonds is 10. The lowest BCUT2D eigenvalue weighted by Gasteiger charge is -2.13. The molecule has 1 aromatic carbocycles. The molecule has 1 amide bonds. The summed E-state index contributed by atoms with van der Waals surface area (Å²) in [5.74, 6) is 1.36. The van der Waals surface area contributed by atoms with Gasteiger partial charge < -0.3 is 24.5 Å². The Morgan fingerprint density at radius 2 is 1.78 bits per heavy atom. The number of methoxy groups -OCH3 is 3. The molecule has 3 rings (SSSR count). The second-order valence-corrected chi connectivity index (χ2v) is 6.78. The molecule has 0 fully saturated rings. The van der Waals surface area contributed by atoms with Gasteiger partial charge in [0.2, 0.25) is 11.7 Å². The van der Waals surface area contributed by atoms with Crippen LogP contribution in [-0.2, 0) is 17.6 Å².